The van der Waals surface area contributed by atoms with E-state index in [1.807, 2.05) is 0 Å². The summed E-state index contributed by atoms with van der Waals surface area (Å²) in [5.74, 6) is -1.45. The van der Waals surface area contributed by atoms with E-state index >= 15 is 0 Å². The van der Waals surface area contributed by atoms with E-state index in [9.17, 15) is 14.4 Å². The van der Waals surface area contributed by atoms with E-state index < -0.39 is 23.7 Å². The molecule has 1 fully saturated rings. The lowest BCUT2D eigenvalue weighted by molar-refractivity contribution is -0.142. The van der Waals surface area contributed by atoms with Crippen LogP contribution in [0.5, 0.6) is 0 Å². The Morgan fingerprint density at radius 3 is 2.44 bits per heavy atom. The van der Waals surface area contributed by atoms with Crippen molar-refractivity contribution in [3.63, 3.8) is 0 Å². The minimum absolute atomic E-state index is 0.144. The molecule has 1 heterocycles. The predicted molar refractivity (Wildman–Crippen MR) is 54.0 cm³/mol. The third kappa shape index (κ3) is 2.95. The van der Waals surface area contributed by atoms with Gasteiger partial charge in [-0.2, -0.15) is 0 Å². The molecule has 0 aromatic heterocycles. The van der Waals surface area contributed by atoms with Crippen molar-refractivity contribution in [1.82, 2.24) is 4.90 Å². The standard InChI is InChI=1S/C10H15NO5/c1-10(2,3)16-9(15)11-5-6(12)4-7(11)8(13)14/h7H,4-5H2,1-3H3,(H,13,14). The smallest absolute Gasteiger partial charge is 0.411 e. The van der Waals surface area contributed by atoms with Crippen LogP contribution in [-0.2, 0) is 14.3 Å². The SMILES string of the molecule is CC(C)(C)OC(=O)N1CC(=O)CC1C(=O)O. The van der Waals surface area contributed by atoms with Crippen LogP contribution in [0.1, 0.15) is 27.2 Å². The van der Waals surface area contributed by atoms with Gasteiger partial charge in [-0.05, 0) is 20.8 Å². The Balaban J connectivity index is 2.75. The van der Waals surface area contributed by atoms with Gasteiger partial charge in [0.1, 0.15) is 11.6 Å². The second kappa shape index (κ2) is 4.11. The number of carboxylic acid groups (broad SMARTS) is 1. The number of carbonyl (C=O) groups excluding carboxylic acids is 2. The van der Waals surface area contributed by atoms with E-state index in [4.69, 9.17) is 9.84 Å². The monoisotopic (exact) mass is 229 g/mol. The number of hydrogen-bond acceptors (Lipinski definition) is 4. The van der Waals surface area contributed by atoms with Crippen LogP contribution in [0.4, 0.5) is 4.79 Å². The molecule has 90 valence electrons. The van der Waals surface area contributed by atoms with E-state index in [2.05, 4.69) is 0 Å². The fraction of sp³-hybridized carbons (Fsp3) is 0.700. The number of ether oxygens (including phenoxy) is 1. The summed E-state index contributed by atoms with van der Waals surface area (Å²) in [4.78, 5) is 34.5. The quantitative estimate of drug-likeness (QED) is 0.713. The van der Waals surface area contributed by atoms with E-state index in [-0.39, 0.29) is 18.7 Å². The average Bonchev–Trinajstić information content (AvgIpc) is 2.44. The van der Waals surface area contributed by atoms with Crippen LogP contribution in [-0.4, -0.2) is 46.0 Å². The molecule has 6 nitrogen and oxygen atoms in total. The van der Waals surface area contributed by atoms with Gasteiger partial charge in [0.05, 0.1) is 6.54 Å². The number of amides is 1. The summed E-state index contributed by atoms with van der Waals surface area (Å²) in [5.41, 5.74) is -0.703. The Morgan fingerprint density at radius 2 is 2.00 bits per heavy atom. The van der Waals surface area contributed by atoms with Gasteiger partial charge >= 0.3 is 12.1 Å². The zero-order chi connectivity index (χ0) is 12.5. The van der Waals surface area contributed by atoms with Gasteiger partial charge in [0.2, 0.25) is 0 Å². The highest BCUT2D eigenvalue weighted by molar-refractivity contribution is 5.95. The summed E-state index contributed by atoms with van der Waals surface area (Å²) in [6.45, 7) is 4.85. The van der Waals surface area contributed by atoms with Gasteiger partial charge in [0.25, 0.3) is 0 Å². The molecule has 1 rings (SSSR count). The molecule has 0 spiro atoms. The molecular weight excluding hydrogens is 214 g/mol. The van der Waals surface area contributed by atoms with Gasteiger partial charge in [0.15, 0.2) is 5.78 Å². The van der Waals surface area contributed by atoms with Crippen LogP contribution in [0.2, 0.25) is 0 Å². The van der Waals surface area contributed by atoms with Gasteiger partial charge in [-0.3, -0.25) is 9.69 Å². The lowest BCUT2D eigenvalue weighted by Gasteiger charge is -2.26. The lowest BCUT2D eigenvalue weighted by atomic mass is 10.2. The number of hydrogen-bond donors (Lipinski definition) is 1. The average molecular weight is 229 g/mol. The van der Waals surface area contributed by atoms with Crippen LogP contribution in [0.15, 0.2) is 0 Å². The first-order valence-corrected chi connectivity index (χ1v) is 4.95. The largest absolute Gasteiger partial charge is 0.480 e. The second-order valence-electron chi connectivity index (χ2n) is 4.71. The van der Waals surface area contributed by atoms with Crippen molar-refractivity contribution in [1.29, 1.82) is 0 Å². The fourth-order valence-corrected chi connectivity index (χ4v) is 1.42. The molecule has 0 aliphatic carbocycles. The molecular formula is C10H15NO5. The number of carboxylic acids is 1. The number of rotatable bonds is 1. The van der Waals surface area contributed by atoms with Crippen LogP contribution in [0.25, 0.3) is 0 Å². The van der Waals surface area contributed by atoms with Crippen molar-refractivity contribution in [3.8, 4) is 0 Å². The van der Waals surface area contributed by atoms with Gasteiger partial charge in [-0.25, -0.2) is 9.59 Å². The van der Waals surface area contributed by atoms with E-state index in [1.54, 1.807) is 20.8 Å². The maximum atomic E-state index is 11.6. The normalized spacial score (nSPS) is 21.1. The Kier molecular flexibility index (Phi) is 3.21. The number of nitrogens with zero attached hydrogens (tertiary/aromatic N) is 1. The first-order chi connectivity index (χ1) is 7.20. The summed E-state index contributed by atoms with van der Waals surface area (Å²) in [6, 6.07) is -1.10. The molecule has 6 heteroatoms. The van der Waals surface area contributed by atoms with Crippen LogP contribution in [0, 0.1) is 0 Å². The maximum absolute atomic E-state index is 11.6. The highest BCUT2D eigenvalue weighted by Gasteiger charge is 2.40. The van der Waals surface area contributed by atoms with Crippen molar-refractivity contribution in [2.45, 2.75) is 38.8 Å². The number of likely N-dealkylation sites (tertiary alicyclic amines) is 1. The molecule has 1 amide bonds. The summed E-state index contributed by atoms with van der Waals surface area (Å²) in [7, 11) is 0. The summed E-state index contributed by atoms with van der Waals surface area (Å²) < 4.78 is 5.02. The lowest BCUT2D eigenvalue weighted by Crippen LogP contribution is -2.43. The van der Waals surface area contributed by atoms with Crippen LogP contribution < -0.4 is 0 Å². The molecule has 16 heavy (non-hydrogen) atoms. The Hall–Kier alpha value is -1.59. The first kappa shape index (κ1) is 12.5. The third-order valence-corrected chi connectivity index (χ3v) is 2.06. The maximum Gasteiger partial charge on any atom is 0.411 e. The topological polar surface area (TPSA) is 83.9 Å². The molecule has 0 aromatic rings. The number of aliphatic carboxylic acids is 1. The van der Waals surface area contributed by atoms with Gasteiger partial charge in [-0.15, -0.1) is 0 Å². The zero-order valence-electron chi connectivity index (χ0n) is 9.52. The molecule has 1 unspecified atom stereocenters. The van der Waals surface area contributed by atoms with Crippen LogP contribution >= 0.6 is 0 Å². The molecule has 1 saturated heterocycles. The number of ketones is 1. The van der Waals surface area contributed by atoms with Crippen molar-refractivity contribution >= 4 is 17.8 Å². The molecule has 0 bridgehead atoms. The van der Waals surface area contributed by atoms with Crippen molar-refractivity contribution in [2.24, 2.45) is 0 Å². The molecule has 1 N–H and O–H groups in total. The van der Waals surface area contributed by atoms with Crippen molar-refractivity contribution in [2.75, 3.05) is 6.54 Å². The third-order valence-electron chi connectivity index (χ3n) is 2.06. The Morgan fingerprint density at radius 1 is 1.44 bits per heavy atom. The molecule has 1 aliphatic heterocycles. The zero-order valence-corrected chi connectivity index (χ0v) is 9.52. The van der Waals surface area contributed by atoms with Gasteiger partial charge in [-0.1, -0.05) is 0 Å². The fourth-order valence-electron chi connectivity index (χ4n) is 1.42. The van der Waals surface area contributed by atoms with Gasteiger partial charge in [0, 0.05) is 6.42 Å². The predicted octanol–water partition coefficient (Wildman–Crippen LogP) is 0.650. The Labute approximate surface area is 93.2 Å². The Bertz CT molecular complexity index is 331. The molecule has 0 aromatic carbocycles. The summed E-state index contributed by atoms with van der Waals surface area (Å²) in [5, 5.41) is 8.85. The molecule has 1 aliphatic rings. The van der Waals surface area contributed by atoms with Crippen LogP contribution in [0.3, 0.4) is 0 Å². The summed E-state index contributed by atoms with van der Waals surface area (Å²) >= 11 is 0. The van der Waals surface area contributed by atoms with E-state index in [0.29, 0.717) is 0 Å². The second-order valence-corrected chi connectivity index (χ2v) is 4.71. The highest BCUT2D eigenvalue weighted by atomic mass is 16.6. The number of Topliss-reactive ketones (excluding diaryl/α,β-unsaturated/α-hetero) is 1. The minimum atomic E-state index is -1.18. The van der Waals surface area contributed by atoms with E-state index in [1.165, 1.54) is 0 Å². The van der Waals surface area contributed by atoms with Crippen molar-refractivity contribution in [3.05, 3.63) is 0 Å². The minimum Gasteiger partial charge on any atom is -0.480 e. The first-order valence-electron chi connectivity index (χ1n) is 4.95. The number of carbonyl (C=O) groups is 3. The van der Waals surface area contributed by atoms with Crippen molar-refractivity contribution < 1.29 is 24.2 Å². The molecule has 0 radical (unpaired) electrons. The van der Waals surface area contributed by atoms with Gasteiger partial charge < -0.3 is 9.84 Å². The molecule has 1 atom stereocenters. The van der Waals surface area contributed by atoms with E-state index in [0.717, 1.165) is 4.90 Å². The highest BCUT2D eigenvalue weighted by Crippen LogP contribution is 2.18. The molecule has 0 saturated carbocycles. The summed E-state index contributed by atoms with van der Waals surface area (Å²) in [6.07, 6.45) is -0.903.